The van der Waals surface area contributed by atoms with Crippen LogP contribution in [0, 0.1) is 0 Å². The van der Waals surface area contributed by atoms with Gasteiger partial charge < -0.3 is 15.7 Å². The van der Waals surface area contributed by atoms with Gasteiger partial charge in [0, 0.05) is 19.5 Å². The molecular formula is C13H25N3O3. The Hall–Kier alpha value is -1.14. The van der Waals surface area contributed by atoms with Gasteiger partial charge in [0.25, 0.3) is 0 Å². The highest BCUT2D eigenvalue weighted by Gasteiger charge is 2.26. The minimum atomic E-state index is -0.967. The molecule has 1 amide bonds. The molecule has 0 aromatic carbocycles. The van der Waals surface area contributed by atoms with Gasteiger partial charge in [-0.25, -0.2) is 4.79 Å². The molecule has 1 aliphatic rings. The molecule has 19 heavy (non-hydrogen) atoms. The highest BCUT2D eigenvalue weighted by molar-refractivity contribution is 5.82. The number of nitrogens with zero attached hydrogens (tertiary/aromatic N) is 1. The maximum atomic E-state index is 11.2. The number of hydrogen-bond acceptors (Lipinski definition) is 4. The Morgan fingerprint density at radius 3 is 2.53 bits per heavy atom. The number of carbonyl (C=O) groups excluding carboxylic acids is 1. The van der Waals surface area contributed by atoms with Gasteiger partial charge >= 0.3 is 5.97 Å². The van der Waals surface area contributed by atoms with Crippen LogP contribution in [-0.4, -0.2) is 60.1 Å². The zero-order valence-electron chi connectivity index (χ0n) is 11.8. The van der Waals surface area contributed by atoms with Crippen molar-refractivity contribution in [2.45, 2.75) is 45.2 Å². The van der Waals surface area contributed by atoms with Crippen molar-refractivity contribution < 1.29 is 14.7 Å². The average Bonchev–Trinajstić information content (AvgIpc) is 2.37. The summed E-state index contributed by atoms with van der Waals surface area (Å²) in [5, 5.41) is 15.0. The molecule has 6 heteroatoms. The van der Waals surface area contributed by atoms with Crippen molar-refractivity contribution in [2.24, 2.45) is 0 Å². The molecule has 1 fully saturated rings. The van der Waals surface area contributed by atoms with Crippen LogP contribution in [0.15, 0.2) is 0 Å². The van der Waals surface area contributed by atoms with Crippen LogP contribution in [0.1, 0.15) is 33.1 Å². The summed E-state index contributed by atoms with van der Waals surface area (Å²) >= 11 is 0. The molecule has 3 N–H and O–H groups in total. The first-order valence-electron chi connectivity index (χ1n) is 6.99. The standard InChI is InChI=1S/C13H25N3O3/c1-3-8-16(11-4-6-14-7-5-11)9-12(13(18)19)15-10(2)17/h11-12,14H,3-9H2,1-2H3,(H,15,17)(H,18,19). The monoisotopic (exact) mass is 271 g/mol. The Kier molecular flexibility index (Phi) is 6.80. The molecule has 0 bridgehead atoms. The molecule has 1 unspecified atom stereocenters. The molecule has 110 valence electrons. The number of rotatable bonds is 7. The van der Waals surface area contributed by atoms with E-state index >= 15 is 0 Å². The van der Waals surface area contributed by atoms with Crippen molar-refractivity contribution in [3.8, 4) is 0 Å². The fourth-order valence-corrected chi connectivity index (χ4v) is 2.55. The smallest absolute Gasteiger partial charge is 0.327 e. The maximum absolute atomic E-state index is 11.2. The lowest BCUT2D eigenvalue weighted by atomic mass is 10.0. The summed E-state index contributed by atoms with van der Waals surface area (Å²) in [7, 11) is 0. The Labute approximate surface area is 114 Å². The molecule has 0 spiro atoms. The molecule has 1 aliphatic heterocycles. The number of carboxylic acid groups (broad SMARTS) is 1. The van der Waals surface area contributed by atoms with E-state index in [1.54, 1.807) is 0 Å². The van der Waals surface area contributed by atoms with Gasteiger partial charge in [-0.1, -0.05) is 6.92 Å². The number of aliphatic carboxylic acids is 1. The molecule has 0 radical (unpaired) electrons. The number of piperidine rings is 1. The van der Waals surface area contributed by atoms with Gasteiger partial charge in [-0.3, -0.25) is 9.69 Å². The molecule has 1 heterocycles. The Bertz CT molecular complexity index is 304. The van der Waals surface area contributed by atoms with Gasteiger partial charge in [0.2, 0.25) is 5.91 Å². The SMILES string of the molecule is CCCN(CC(NC(C)=O)C(=O)O)C1CCNCC1. The molecule has 0 aromatic heterocycles. The van der Waals surface area contributed by atoms with Gasteiger partial charge in [0.05, 0.1) is 0 Å². The highest BCUT2D eigenvalue weighted by Crippen LogP contribution is 2.13. The van der Waals surface area contributed by atoms with Crippen molar-refractivity contribution in [3.05, 3.63) is 0 Å². The van der Waals surface area contributed by atoms with Crippen LogP contribution >= 0.6 is 0 Å². The Balaban J connectivity index is 2.62. The predicted molar refractivity (Wildman–Crippen MR) is 73.0 cm³/mol. The second-order valence-corrected chi connectivity index (χ2v) is 5.07. The van der Waals surface area contributed by atoms with E-state index in [0.29, 0.717) is 12.6 Å². The van der Waals surface area contributed by atoms with Crippen molar-refractivity contribution in [2.75, 3.05) is 26.2 Å². The van der Waals surface area contributed by atoms with E-state index in [2.05, 4.69) is 22.5 Å². The summed E-state index contributed by atoms with van der Waals surface area (Å²) in [6.45, 7) is 6.64. The van der Waals surface area contributed by atoms with Gasteiger partial charge in [-0.2, -0.15) is 0 Å². The summed E-state index contributed by atoms with van der Waals surface area (Å²) in [5.41, 5.74) is 0. The summed E-state index contributed by atoms with van der Waals surface area (Å²) in [5.74, 6) is -1.26. The number of amides is 1. The van der Waals surface area contributed by atoms with Crippen molar-refractivity contribution in [1.82, 2.24) is 15.5 Å². The second kappa shape index (κ2) is 8.12. The topological polar surface area (TPSA) is 81.7 Å². The zero-order valence-corrected chi connectivity index (χ0v) is 11.8. The predicted octanol–water partition coefficient (Wildman–Crippen LogP) is 0.0397. The van der Waals surface area contributed by atoms with E-state index in [1.165, 1.54) is 6.92 Å². The lowest BCUT2D eigenvalue weighted by Gasteiger charge is -2.36. The average molecular weight is 271 g/mol. The molecule has 1 atom stereocenters. The van der Waals surface area contributed by atoms with Crippen LogP contribution in [0.5, 0.6) is 0 Å². The van der Waals surface area contributed by atoms with E-state index < -0.39 is 12.0 Å². The number of carbonyl (C=O) groups is 2. The van der Waals surface area contributed by atoms with E-state index in [0.717, 1.165) is 38.9 Å². The first-order chi connectivity index (χ1) is 9.04. The maximum Gasteiger partial charge on any atom is 0.327 e. The van der Waals surface area contributed by atoms with Crippen molar-refractivity contribution >= 4 is 11.9 Å². The fraction of sp³-hybridized carbons (Fsp3) is 0.846. The Morgan fingerprint density at radius 2 is 2.05 bits per heavy atom. The van der Waals surface area contributed by atoms with Crippen molar-refractivity contribution in [3.63, 3.8) is 0 Å². The fourth-order valence-electron chi connectivity index (χ4n) is 2.55. The van der Waals surface area contributed by atoms with E-state index in [9.17, 15) is 14.7 Å². The third kappa shape index (κ3) is 5.57. The zero-order chi connectivity index (χ0) is 14.3. The molecule has 1 saturated heterocycles. The normalized spacial score (nSPS) is 18.3. The lowest BCUT2D eigenvalue weighted by Crippen LogP contribution is -2.52. The van der Waals surface area contributed by atoms with Crippen LogP contribution in [-0.2, 0) is 9.59 Å². The van der Waals surface area contributed by atoms with Crippen LogP contribution < -0.4 is 10.6 Å². The molecule has 0 aromatic rings. The van der Waals surface area contributed by atoms with Crippen LogP contribution in [0.4, 0.5) is 0 Å². The van der Waals surface area contributed by atoms with Crippen molar-refractivity contribution in [1.29, 1.82) is 0 Å². The first-order valence-corrected chi connectivity index (χ1v) is 6.99. The molecular weight excluding hydrogens is 246 g/mol. The number of nitrogens with one attached hydrogen (secondary N) is 2. The highest BCUT2D eigenvalue weighted by atomic mass is 16.4. The third-order valence-electron chi connectivity index (χ3n) is 3.43. The van der Waals surface area contributed by atoms with Gasteiger partial charge in [0.15, 0.2) is 0 Å². The molecule has 6 nitrogen and oxygen atoms in total. The number of hydrogen-bond donors (Lipinski definition) is 3. The first kappa shape index (κ1) is 15.9. The molecule has 0 saturated carbocycles. The minimum absolute atomic E-state index is 0.297. The quantitative estimate of drug-likeness (QED) is 0.609. The van der Waals surface area contributed by atoms with Crippen LogP contribution in [0.3, 0.4) is 0 Å². The lowest BCUT2D eigenvalue weighted by molar-refractivity contribution is -0.142. The molecule has 1 rings (SSSR count). The largest absolute Gasteiger partial charge is 0.480 e. The second-order valence-electron chi connectivity index (χ2n) is 5.07. The van der Waals surface area contributed by atoms with Gasteiger partial charge in [-0.15, -0.1) is 0 Å². The van der Waals surface area contributed by atoms with Crippen LogP contribution in [0.25, 0.3) is 0 Å². The Morgan fingerprint density at radius 1 is 1.42 bits per heavy atom. The summed E-state index contributed by atoms with van der Waals surface area (Å²) in [4.78, 5) is 24.5. The van der Waals surface area contributed by atoms with E-state index in [-0.39, 0.29) is 5.91 Å². The van der Waals surface area contributed by atoms with Crippen LogP contribution in [0.2, 0.25) is 0 Å². The molecule has 0 aliphatic carbocycles. The van der Waals surface area contributed by atoms with Gasteiger partial charge in [0.1, 0.15) is 6.04 Å². The van der Waals surface area contributed by atoms with E-state index in [1.807, 2.05) is 0 Å². The third-order valence-corrected chi connectivity index (χ3v) is 3.43. The number of carboxylic acids is 1. The summed E-state index contributed by atoms with van der Waals surface area (Å²) in [6, 6.07) is -0.407. The summed E-state index contributed by atoms with van der Waals surface area (Å²) in [6.07, 6.45) is 3.05. The minimum Gasteiger partial charge on any atom is -0.480 e. The van der Waals surface area contributed by atoms with E-state index in [4.69, 9.17) is 0 Å². The summed E-state index contributed by atoms with van der Waals surface area (Å²) < 4.78 is 0. The van der Waals surface area contributed by atoms with Gasteiger partial charge in [-0.05, 0) is 38.9 Å².